The van der Waals surface area contributed by atoms with Crippen LogP contribution >= 0.6 is 0 Å². The van der Waals surface area contributed by atoms with Crippen molar-refractivity contribution in [2.45, 2.75) is 31.6 Å². The maximum Gasteiger partial charge on any atom is 0.228 e. The fourth-order valence-electron chi connectivity index (χ4n) is 3.11. The monoisotopic (exact) mass is 291 g/mol. The average Bonchev–Trinajstić information content (AvgIpc) is 3.42. The fourth-order valence-corrected chi connectivity index (χ4v) is 3.11. The van der Waals surface area contributed by atoms with Gasteiger partial charge in [-0.1, -0.05) is 19.1 Å². The van der Waals surface area contributed by atoms with Crippen LogP contribution in [0.4, 0.5) is 5.82 Å². The summed E-state index contributed by atoms with van der Waals surface area (Å²) in [6, 6.07) is 10.5. The SMILES string of the molecule is CC1CC1(C#N)c1ccc2cnc(NC(=O)C3CC3)cc2c1. The number of benzene rings is 1. The number of hydrogen-bond acceptors (Lipinski definition) is 3. The van der Waals surface area contributed by atoms with Gasteiger partial charge in [0.1, 0.15) is 5.82 Å². The maximum atomic E-state index is 11.8. The Kier molecular flexibility index (Phi) is 2.74. The quantitative estimate of drug-likeness (QED) is 0.942. The Balaban J connectivity index is 1.69. The molecule has 1 aromatic heterocycles. The third kappa shape index (κ3) is 2.05. The van der Waals surface area contributed by atoms with Crippen LogP contribution in [0.25, 0.3) is 10.8 Å². The number of anilines is 1. The average molecular weight is 291 g/mol. The highest BCUT2D eigenvalue weighted by Crippen LogP contribution is 2.53. The van der Waals surface area contributed by atoms with Gasteiger partial charge in [-0.25, -0.2) is 4.98 Å². The molecule has 2 aliphatic rings. The fraction of sp³-hybridized carbons (Fsp3) is 0.389. The summed E-state index contributed by atoms with van der Waals surface area (Å²) in [7, 11) is 0. The summed E-state index contributed by atoms with van der Waals surface area (Å²) < 4.78 is 0. The lowest BCUT2D eigenvalue weighted by Gasteiger charge is -2.10. The van der Waals surface area contributed by atoms with E-state index in [4.69, 9.17) is 0 Å². The lowest BCUT2D eigenvalue weighted by atomic mass is 9.93. The number of carbonyl (C=O) groups is 1. The number of nitrogens with zero attached hydrogens (tertiary/aromatic N) is 2. The number of hydrogen-bond donors (Lipinski definition) is 1. The minimum atomic E-state index is -0.325. The van der Waals surface area contributed by atoms with E-state index in [0.29, 0.717) is 11.7 Å². The zero-order valence-electron chi connectivity index (χ0n) is 12.5. The molecule has 0 saturated heterocycles. The summed E-state index contributed by atoms with van der Waals surface area (Å²) in [5, 5.41) is 14.4. The molecule has 1 N–H and O–H groups in total. The number of nitrogens with one attached hydrogen (secondary N) is 1. The molecule has 1 amide bonds. The van der Waals surface area contributed by atoms with Gasteiger partial charge in [-0.3, -0.25) is 4.79 Å². The van der Waals surface area contributed by atoms with Crippen LogP contribution in [0.1, 0.15) is 31.7 Å². The van der Waals surface area contributed by atoms with Crippen molar-refractivity contribution >= 4 is 22.5 Å². The molecule has 0 radical (unpaired) electrons. The van der Waals surface area contributed by atoms with E-state index >= 15 is 0 Å². The van der Waals surface area contributed by atoms with Crippen LogP contribution in [0.2, 0.25) is 0 Å². The first-order valence-electron chi connectivity index (χ1n) is 7.75. The van der Waals surface area contributed by atoms with Crippen molar-refractivity contribution in [3.05, 3.63) is 36.0 Å². The van der Waals surface area contributed by atoms with Gasteiger partial charge in [0.15, 0.2) is 0 Å². The molecule has 2 aromatic rings. The van der Waals surface area contributed by atoms with Crippen molar-refractivity contribution in [1.29, 1.82) is 5.26 Å². The summed E-state index contributed by atoms with van der Waals surface area (Å²) >= 11 is 0. The molecule has 1 aromatic carbocycles. The third-order valence-electron chi connectivity index (χ3n) is 4.95. The Morgan fingerprint density at radius 1 is 1.36 bits per heavy atom. The molecule has 2 fully saturated rings. The zero-order valence-corrected chi connectivity index (χ0v) is 12.5. The Morgan fingerprint density at radius 2 is 2.14 bits per heavy atom. The van der Waals surface area contributed by atoms with Crippen molar-refractivity contribution in [3.63, 3.8) is 0 Å². The first-order valence-corrected chi connectivity index (χ1v) is 7.75. The van der Waals surface area contributed by atoms with Gasteiger partial charge in [-0.2, -0.15) is 5.26 Å². The van der Waals surface area contributed by atoms with Gasteiger partial charge in [-0.05, 0) is 48.3 Å². The molecule has 2 atom stereocenters. The summed E-state index contributed by atoms with van der Waals surface area (Å²) in [4.78, 5) is 16.1. The van der Waals surface area contributed by atoms with Crippen LogP contribution in [0.3, 0.4) is 0 Å². The number of rotatable bonds is 3. The lowest BCUT2D eigenvalue weighted by molar-refractivity contribution is -0.117. The van der Waals surface area contributed by atoms with E-state index in [1.807, 2.05) is 18.2 Å². The van der Waals surface area contributed by atoms with Gasteiger partial charge in [0.2, 0.25) is 5.91 Å². The lowest BCUT2D eigenvalue weighted by Crippen LogP contribution is -2.14. The molecule has 4 nitrogen and oxygen atoms in total. The number of amides is 1. The van der Waals surface area contributed by atoms with Crippen LogP contribution in [-0.2, 0) is 10.2 Å². The largest absolute Gasteiger partial charge is 0.310 e. The molecule has 0 bridgehead atoms. The van der Waals surface area contributed by atoms with Gasteiger partial charge in [0.05, 0.1) is 11.5 Å². The second-order valence-electron chi connectivity index (χ2n) is 6.58. The molecular weight excluding hydrogens is 274 g/mol. The Morgan fingerprint density at radius 3 is 2.77 bits per heavy atom. The highest BCUT2D eigenvalue weighted by Gasteiger charge is 2.53. The topological polar surface area (TPSA) is 65.8 Å². The first kappa shape index (κ1) is 13.3. The molecule has 2 unspecified atom stereocenters. The van der Waals surface area contributed by atoms with E-state index in [1.165, 1.54) is 0 Å². The molecule has 0 aliphatic heterocycles. The molecule has 4 heteroatoms. The Hall–Kier alpha value is -2.41. The van der Waals surface area contributed by atoms with Gasteiger partial charge in [0.25, 0.3) is 0 Å². The van der Waals surface area contributed by atoms with E-state index in [-0.39, 0.29) is 17.2 Å². The zero-order chi connectivity index (χ0) is 15.3. The second-order valence-corrected chi connectivity index (χ2v) is 6.58. The van der Waals surface area contributed by atoms with E-state index in [9.17, 15) is 10.1 Å². The standard InChI is InChI=1S/C18H17N3O/c1-11-8-18(11,10-19)15-5-4-13-9-20-16(7-14(13)6-15)21-17(22)12-2-3-12/h4-7,9,11-12H,2-3,8H2,1H3,(H,20,21,22). The van der Waals surface area contributed by atoms with Crippen LogP contribution in [-0.4, -0.2) is 10.9 Å². The minimum Gasteiger partial charge on any atom is -0.310 e. The predicted molar refractivity (Wildman–Crippen MR) is 84.2 cm³/mol. The number of fused-ring (bicyclic) bond motifs is 1. The highest BCUT2D eigenvalue weighted by atomic mass is 16.2. The number of nitriles is 1. The molecule has 110 valence electrons. The van der Waals surface area contributed by atoms with Gasteiger partial charge >= 0.3 is 0 Å². The van der Waals surface area contributed by atoms with Crippen LogP contribution in [0.15, 0.2) is 30.5 Å². The molecule has 2 aliphatic carbocycles. The van der Waals surface area contributed by atoms with Gasteiger partial charge < -0.3 is 5.32 Å². The third-order valence-corrected chi connectivity index (χ3v) is 4.95. The summed E-state index contributed by atoms with van der Waals surface area (Å²) in [5.74, 6) is 1.23. The van der Waals surface area contributed by atoms with Crippen molar-refractivity contribution in [2.24, 2.45) is 11.8 Å². The van der Waals surface area contributed by atoms with Crippen molar-refractivity contribution in [1.82, 2.24) is 4.98 Å². The molecule has 4 rings (SSSR count). The van der Waals surface area contributed by atoms with Gasteiger partial charge in [0, 0.05) is 17.5 Å². The number of pyridine rings is 1. The molecule has 0 spiro atoms. The summed E-state index contributed by atoms with van der Waals surface area (Å²) in [6.07, 6.45) is 4.65. The van der Waals surface area contributed by atoms with Crippen molar-refractivity contribution in [2.75, 3.05) is 5.32 Å². The van der Waals surface area contributed by atoms with Crippen molar-refractivity contribution in [3.8, 4) is 6.07 Å². The first-order chi connectivity index (χ1) is 10.6. The molecular formula is C18H17N3O. The predicted octanol–water partition coefficient (Wildman–Crippen LogP) is 3.38. The molecule has 2 saturated carbocycles. The normalized spacial score (nSPS) is 26.5. The molecule has 22 heavy (non-hydrogen) atoms. The van der Waals surface area contributed by atoms with Gasteiger partial charge in [-0.15, -0.1) is 0 Å². The maximum absolute atomic E-state index is 11.8. The highest BCUT2D eigenvalue weighted by molar-refractivity contribution is 5.95. The van der Waals surface area contributed by atoms with E-state index in [2.05, 4.69) is 29.4 Å². The van der Waals surface area contributed by atoms with Crippen LogP contribution < -0.4 is 5.32 Å². The van der Waals surface area contributed by atoms with E-state index < -0.39 is 0 Å². The Labute approximate surface area is 129 Å². The van der Waals surface area contributed by atoms with Crippen molar-refractivity contribution < 1.29 is 4.79 Å². The molecule has 1 heterocycles. The minimum absolute atomic E-state index is 0.0623. The smallest absolute Gasteiger partial charge is 0.228 e. The van der Waals surface area contributed by atoms with Crippen LogP contribution in [0.5, 0.6) is 0 Å². The summed E-state index contributed by atoms with van der Waals surface area (Å²) in [6.45, 7) is 2.11. The summed E-state index contributed by atoms with van der Waals surface area (Å²) in [5.41, 5.74) is 0.746. The van der Waals surface area contributed by atoms with E-state index in [1.54, 1.807) is 6.20 Å². The Bertz CT molecular complexity index is 819. The second kappa shape index (κ2) is 4.54. The van der Waals surface area contributed by atoms with Crippen LogP contribution in [0, 0.1) is 23.2 Å². The number of carbonyl (C=O) groups excluding carboxylic acids is 1. The number of aromatic nitrogens is 1. The van der Waals surface area contributed by atoms with E-state index in [0.717, 1.165) is 35.6 Å².